The van der Waals surface area contributed by atoms with E-state index in [1.807, 2.05) is 68.4 Å². The van der Waals surface area contributed by atoms with Gasteiger partial charge in [0.25, 0.3) is 0 Å². The molecule has 176 valence electrons. The van der Waals surface area contributed by atoms with Crippen molar-refractivity contribution in [3.05, 3.63) is 82.4 Å². The molecule has 0 heterocycles. The molecule has 2 aromatic rings. The summed E-state index contributed by atoms with van der Waals surface area (Å²) < 4.78 is 0. The number of nitrogens with one attached hydrogen (secondary N) is 1. The Morgan fingerprint density at radius 1 is 1.00 bits per heavy atom. The fourth-order valence-corrected chi connectivity index (χ4v) is 4.36. The van der Waals surface area contributed by atoms with Crippen molar-refractivity contribution < 1.29 is 9.59 Å². The minimum Gasteiger partial charge on any atom is -0.354 e. The molecule has 0 fully saturated rings. The summed E-state index contributed by atoms with van der Waals surface area (Å²) in [5, 5.41) is 3.77. The second kappa shape index (κ2) is 12.6. The highest BCUT2D eigenvalue weighted by Gasteiger charge is 2.31. The van der Waals surface area contributed by atoms with Gasteiger partial charge in [-0.25, -0.2) is 0 Å². The maximum absolute atomic E-state index is 13.5. The Kier molecular flexibility index (Phi) is 9.56. The number of allylic oxidation sites excluding steroid dienone is 1. The van der Waals surface area contributed by atoms with Crippen molar-refractivity contribution in [3.8, 4) is 0 Å². The third-order valence-corrected chi connectivity index (χ3v) is 6.38. The molecule has 1 aliphatic carbocycles. The summed E-state index contributed by atoms with van der Waals surface area (Å²) in [6.45, 7) is 4.72. The molecule has 33 heavy (non-hydrogen) atoms. The van der Waals surface area contributed by atoms with Crippen molar-refractivity contribution in [1.82, 2.24) is 10.2 Å². The lowest BCUT2D eigenvalue weighted by molar-refractivity contribution is -0.143. The first-order valence-electron chi connectivity index (χ1n) is 12.0. The van der Waals surface area contributed by atoms with Gasteiger partial charge in [0.15, 0.2) is 0 Å². The normalized spacial score (nSPS) is 14.5. The minimum atomic E-state index is -0.585. The summed E-state index contributed by atoms with van der Waals surface area (Å²) in [5.41, 5.74) is 3.41. The molecular formula is C28H35ClN2O2. The van der Waals surface area contributed by atoms with E-state index in [1.54, 1.807) is 4.90 Å². The van der Waals surface area contributed by atoms with E-state index in [4.69, 9.17) is 11.6 Å². The molecule has 1 aliphatic rings. The van der Waals surface area contributed by atoms with E-state index in [-0.39, 0.29) is 17.7 Å². The highest BCUT2D eigenvalue weighted by molar-refractivity contribution is 6.30. The van der Waals surface area contributed by atoms with E-state index in [2.05, 4.69) is 11.4 Å². The largest absolute Gasteiger partial charge is 0.354 e. The maximum atomic E-state index is 13.5. The van der Waals surface area contributed by atoms with Gasteiger partial charge < -0.3 is 10.2 Å². The first-order chi connectivity index (χ1) is 15.9. The van der Waals surface area contributed by atoms with Crippen LogP contribution in [0.4, 0.5) is 0 Å². The first kappa shape index (κ1) is 25.0. The summed E-state index contributed by atoms with van der Waals surface area (Å²) in [6.07, 6.45) is 8.41. The SMILES string of the molecule is CC(C)C(=O)N(Cc1ccc(Cl)cc1)[C@H](Cc1ccccc1)C(=O)NCCC1=CCCCC1. The van der Waals surface area contributed by atoms with Crippen LogP contribution >= 0.6 is 11.6 Å². The van der Waals surface area contributed by atoms with Crippen LogP contribution in [0.15, 0.2) is 66.2 Å². The third-order valence-electron chi connectivity index (χ3n) is 6.12. The van der Waals surface area contributed by atoms with Crippen LogP contribution in [-0.4, -0.2) is 29.3 Å². The minimum absolute atomic E-state index is 0.0315. The van der Waals surface area contributed by atoms with E-state index in [0.717, 1.165) is 30.4 Å². The van der Waals surface area contributed by atoms with E-state index in [9.17, 15) is 9.59 Å². The lowest BCUT2D eigenvalue weighted by Gasteiger charge is -2.33. The predicted molar refractivity (Wildman–Crippen MR) is 135 cm³/mol. The van der Waals surface area contributed by atoms with Crippen molar-refractivity contribution >= 4 is 23.4 Å². The van der Waals surface area contributed by atoms with Gasteiger partial charge in [-0.1, -0.05) is 79.6 Å². The fraction of sp³-hybridized carbons (Fsp3) is 0.429. The Labute approximate surface area is 203 Å². The fourth-order valence-electron chi connectivity index (χ4n) is 4.24. The Morgan fingerprint density at radius 3 is 2.36 bits per heavy atom. The van der Waals surface area contributed by atoms with Gasteiger partial charge in [-0.3, -0.25) is 9.59 Å². The summed E-state index contributed by atoms with van der Waals surface area (Å²) in [5.74, 6) is -0.343. The van der Waals surface area contributed by atoms with E-state index >= 15 is 0 Å². The lowest BCUT2D eigenvalue weighted by Crippen LogP contribution is -2.51. The highest BCUT2D eigenvalue weighted by Crippen LogP contribution is 2.21. The van der Waals surface area contributed by atoms with Crippen molar-refractivity contribution in [1.29, 1.82) is 0 Å². The Bertz CT molecular complexity index is 938. The van der Waals surface area contributed by atoms with Gasteiger partial charge in [0.05, 0.1) is 0 Å². The van der Waals surface area contributed by atoms with Crippen molar-refractivity contribution in [2.24, 2.45) is 5.92 Å². The number of carbonyl (C=O) groups excluding carboxylic acids is 2. The van der Waals surface area contributed by atoms with Crippen LogP contribution in [0.3, 0.4) is 0 Å². The van der Waals surface area contributed by atoms with Gasteiger partial charge in [-0.15, -0.1) is 0 Å². The number of halogens is 1. The molecule has 1 N–H and O–H groups in total. The number of carbonyl (C=O) groups is 2. The van der Waals surface area contributed by atoms with E-state index in [1.165, 1.54) is 18.4 Å². The summed E-state index contributed by atoms with van der Waals surface area (Å²) in [6, 6.07) is 16.8. The number of hydrogen-bond acceptors (Lipinski definition) is 2. The topological polar surface area (TPSA) is 49.4 Å². The maximum Gasteiger partial charge on any atom is 0.243 e. The molecule has 1 atom stereocenters. The van der Waals surface area contributed by atoms with Crippen LogP contribution in [0, 0.1) is 5.92 Å². The number of amides is 2. The molecule has 2 amide bonds. The van der Waals surface area contributed by atoms with Crippen LogP contribution in [0.25, 0.3) is 0 Å². The highest BCUT2D eigenvalue weighted by atomic mass is 35.5. The molecule has 3 rings (SSSR count). The molecule has 0 bridgehead atoms. The number of hydrogen-bond donors (Lipinski definition) is 1. The van der Waals surface area contributed by atoms with Crippen molar-refractivity contribution in [2.75, 3.05) is 6.54 Å². The molecule has 0 aliphatic heterocycles. The predicted octanol–water partition coefficient (Wildman–Crippen LogP) is 5.94. The summed E-state index contributed by atoms with van der Waals surface area (Å²) in [4.78, 5) is 28.5. The smallest absolute Gasteiger partial charge is 0.243 e. The van der Waals surface area contributed by atoms with Gasteiger partial charge in [0.1, 0.15) is 6.04 Å². The number of nitrogens with zero attached hydrogens (tertiary/aromatic N) is 1. The molecule has 0 unspecified atom stereocenters. The zero-order valence-corrected chi connectivity index (χ0v) is 20.5. The van der Waals surface area contributed by atoms with E-state index in [0.29, 0.717) is 24.5 Å². The molecule has 2 aromatic carbocycles. The number of rotatable bonds is 10. The van der Waals surface area contributed by atoms with Gasteiger partial charge in [-0.2, -0.15) is 0 Å². The molecule has 0 aromatic heterocycles. The van der Waals surface area contributed by atoms with Gasteiger partial charge in [-0.05, 0) is 55.4 Å². The number of benzene rings is 2. The molecular weight excluding hydrogens is 432 g/mol. The standard InChI is InChI=1S/C28H35ClN2O2/c1-21(2)28(33)31(20-24-13-15-25(29)16-14-24)26(19-23-11-7-4-8-12-23)27(32)30-18-17-22-9-5-3-6-10-22/h4,7-9,11-16,21,26H,3,5-6,10,17-20H2,1-2H3,(H,30,32)/t26-/m1/s1. The van der Waals surface area contributed by atoms with Crippen LogP contribution in [0.5, 0.6) is 0 Å². The van der Waals surface area contributed by atoms with Crippen molar-refractivity contribution in [2.45, 2.75) is 65.0 Å². The second-order valence-corrected chi connectivity index (χ2v) is 9.54. The third kappa shape index (κ3) is 7.75. The Balaban J connectivity index is 1.80. The van der Waals surface area contributed by atoms with Crippen LogP contribution in [0.2, 0.25) is 5.02 Å². The summed E-state index contributed by atoms with van der Waals surface area (Å²) in [7, 11) is 0. The first-order valence-corrected chi connectivity index (χ1v) is 12.4. The monoisotopic (exact) mass is 466 g/mol. The average molecular weight is 467 g/mol. The van der Waals surface area contributed by atoms with Crippen LogP contribution in [0.1, 0.15) is 57.1 Å². The molecule has 5 heteroatoms. The van der Waals surface area contributed by atoms with Gasteiger partial charge >= 0.3 is 0 Å². The quantitative estimate of drug-likeness (QED) is 0.440. The molecule has 4 nitrogen and oxygen atoms in total. The molecule has 0 saturated carbocycles. The zero-order valence-electron chi connectivity index (χ0n) is 19.7. The van der Waals surface area contributed by atoms with Gasteiger partial charge in [0, 0.05) is 30.5 Å². The molecule has 0 saturated heterocycles. The summed E-state index contributed by atoms with van der Waals surface area (Å²) >= 11 is 6.05. The lowest BCUT2D eigenvalue weighted by atomic mass is 9.97. The van der Waals surface area contributed by atoms with Crippen molar-refractivity contribution in [3.63, 3.8) is 0 Å². The molecule has 0 spiro atoms. The Morgan fingerprint density at radius 2 is 1.73 bits per heavy atom. The molecule has 0 radical (unpaired) electrons. The van der Waals surface area contributed by atoms with E-state index < -0.39 is 6.04 Å². The van der Waals surface area contributed by atoms with Crippen LogP contribution in [-0.2, 0) is 22.6 Å². The van der Waals surface area contributed by atoms with Gasteiger partial charge in [0.2, 0.25) is 11.8 Å². The second-order valence-electron chi connectivity index (χ2n) is 9.10. The zero-order chi connectivity index (χ0) is 23.6. The average Bonchev–Trinajstić information content (AvgIpc) is 2.83. The van der Waals surface area contributed by atoms with Crippen LogP contribution < -0.4 is 5.32 Å². The Hall–Kier alpha value is -2.59.